The molecule has 26 heavy (non-hydrogen) atoms. The SMILES string of the molecule is Cc1cccc(C)c1NC(=O)C(=O)OC1(c2ccccc2)CCNCC1. The molecule has 1 fully saturated rings. The summed E-state index contributed by atoms with van der Waals surface area (Å²) in [5, 5.41) is 5.98. The maximum atomic E-state index is 12.6. The Kier molecular flexibility index (Phi) is 5.38. The Hall–Kier alpha value is -2.66. The van der Waals surface area contributed by atoms with Crippen LogP contribution in [0, 0.1) is 13.8 Å². The van der Waals surface area contributed by atoms with E-state index in [1.165, 1.54) is 0 Å². The number of benzene rings is 2. The number of piperidine rings is 1. The molecular weight excluding hydrogens is 328 g/mol. The molecule has 5 nitrogen and oxygen atoms in total. The van der Waals surface area contributed by atoms with Crippen LogP contribution in [0.15, 0.2) is 48.5 Å². The predicted molar refractivity (Wildman–Crippen MR) is 101 cm³/mol. The molecule has 0 saturated carbocycles. The summed E-state index contributed by atoms with van der Waals surface area (Å²) in [5.74, 6) is -1.59. The van der Waals surface area contributed by atoms with Crippen molar-refractivity contribution in [3.05, 3.63) is 65.2 Å². The molecule has 0 unspecified atom stereocenters. The lowest BCUT2D eigenvalue weighted by Crippen LogP contribution is -2.45. The minimum Gasteiger partial charge on any atom is -0.447 e. The smallest absolute Gasteiger partial charge is 0.398 e. The molecule has 2 aromatic carbocycles. The lowest BCUT2D eigenvalue weighted by atomic mass is 9.85. The zero-order valence-electron chi connectivity index (χ0n) is 15.2. The molecule has 0 bridgehead atoms. The first kappa shape index (κ1) is 18.1. The van der Waals surface area contributed by atoms with Gasteiger partial charge in [-0.25, -0.2) is 4.79 Å². The van der Waals surface area contributed by atoms with Gasteiger partial charge in [-0.1, -0.05) is 48.5 Å². The van der Waals surface area contributed by atoms with Gasteiger partial charge in [0.25, 0.3) is 0 Å². The zero-order chi connectivity index (χ0) is 18.6. The standard InChI is InChI=1S/C21H24N2O3/c1-15-7-6-8-16(2)18(15)23-19(24)20(25)26-21(11-13-22-14-12-21)17-9-4-3-5-10-17/h3-10,22H,11-14H2,1-2H3,(H,23,24). The Morgan fingerprint density at radius 1 is 0.962 bits per heavy atom. The molecule has 1 heterocycles. The van der Waals surface area contributed by atoms with Crippen molar-refractivity contribution in [2.24, 2.45) is 0 Å². The highest BCUT2D eigenvalue weighted by atomic mass is 16.6. The maximum absolute atomic E-state index is 12.6. The monoisotopic (exact) mass is 352 g/mol. The third-order valence-corrected chi connectivity index (χ3v) is 4.90. The van der Waals surface area contributed by atoms with Gasteiger partial charge in [0.15, 0.2) is 0 Å². The Balaban J connectivity index is 1.79. The van der Waals surface area contributed by atoms with E-state index in [-0.39, 0.29) is 0 Å². The number of esters is 1. The zero-order valence-corrected chi connectivity index (χ0v) is 15.2. The molecule has 3 rings (SSSR count). The lowest BCUT2D eigenvalue weighted by molar-refractivity contribution is -0.168. The number of nitrogens with one attached hydrogen (secondary N) is 2. The van der Waals surface area contributed by atoms with Crippen LogP contribution in [0.25, 0.3) is 0 Å². The molecule has 0 radical (unpaired) electrons. The van der Waals surface area contributed by atoms with Gasteiger partial charge in [-0.05, 0) is 43.6 Å². The average molecular weight is 352 g/mol. The van der Waals surface area contributed by atoms with Gasteiger partial charge in [0.2, 0.25) is 0 Å². The largest absolute Gasteiger partial charge is 0.447 e. The van der Waals surface area contributed by atoms with Crippen LogP contribution in [-0.4, -0.2) is 25.0 Å². The average Bonchev–Trinajstić information content (AvgIpc) is 2.66. The van der Waals surface area contributed by atoms with E-state index in [9.17, 15) is 9.59 Å². The number of amides is 1. The fourth-order valence-electron chi connectivity index (χ4n) is 3.42. The van der Waals surface area contributed by atoms with Gasteiger partial charge < -0.3 is 15.4 Å². The van der Waals surface area contributed by atoms with Crippen LogP contribution in [0.3, 0.4) is 0 Å². The van der Waals surface area contributed by atoms with Gasteiger partial charge in [-0.2, -0.15) is 0 Å². The highest BCUT2D eigenvalue weighted by molar-refractivity contribution is 6.37. The van der Waals surface area contributed by atoms with E-state index >= 15 is 0 Å². The molecule has 2 aromatic rings. The molecule has 5 heteroatoms. The quantitative estimate of drug-likeness (QED) is 0.658. The van der Waals surface area contributed by atoms with Crippen LogP contribution in [0.4, 0.5) is 5.69 Å². The van der Waals surface area contributed by atoms with Crippen molar-refractivity contribution < 1.29 is 14.3 Å². The van der Waals surface area contributed by atoms with E-state index in [1.54, 1.807) is 0 Å². The number of rotatable bonds is 3. The summed E-state index contributed by atoms with van der Waals surface area (Å²) < 4.78 is 5.79. The summed E-state index contributed by atoms with van der Waals surface area (Å²) in [6.45, 7) is 5.26. The van der Waals surface area contributed by atoms with Crippen LogP contribution < -0.4 is 10.6 Å². The molecular formula is C21H24N2O3. The lowest BCUT2D eigenvalue weighted by Gasteiger charge is -2.37. The number of hydrogen-bond donors (Lipinski definition) is 2. The van der Waals surface area contributed by atoms with Crippen LogP contribution in [0.5, 0.6) is 0 Å². The third kappa shape index (κ3) is 3.78. The summed E-state index contributed by atoms with van der Waals surface area (Å²) >= 11 is 0. The van der Waals surface area contributed by atoms with E-state index in [0.29, 0.717) is 18.5 Å². The minimum absolute atomic E-state index is 0.638. The number of carbonyl (C=O) groups excluding carboxylic acids is 2. The second-order valence-electron chi connectivity index (χ2n) is 6.72. The third-order valence-electron chi connectivity index (χ3n) is 4.90. The highest BCUT2D eigenvalue weighted by Gasteiger charge is 2.39. The van der Waals surface area contributed by atoms with E-state index in [1.807, 2.05) is 62.4 Å². The number of para-hydroxylation sites is 1. The second-order valence-corrected chi connectivity index (χ2v) is 6.72. The summed E-state index contributed by atoms with van der Waals surface area (Å²) in [7, 11) is 0. The van der Waals surface area contributed by atoms with Gasteiger partial charge in [0, 0.05) is 18.5 Å². The van der Waals surface area contributed by atoms with Crippen LogP contribution in [0.2, 0.25) is 0 Å². The first-order valence-electron chi connectivity index (χ1n) is 8.89. The molecule has 1 aliphatic rings. The van der Waals surface area contributed by atoms with Gasteiger partial charge in [-0.3, -0.25) is 4.79 Å². The summed E-state index contributed by atoms with van der Waals surface area (Å²) in [4.78, 5) is 25.0. The first-order chi connectivity index (χ1) is 12.5. The fraction of sp³-hybridized carbons (Fsp3) is 0.333. The number of ether oxygens (including phenoxy) is 1. The number of hydrogen-bond acceptors (Lipinski definition) is 4. The van der Waals surface area contributed by atoms with Crippen molar-refractivity contribution in [3.8, 4) is 0 Å². The number of anilines is 1. The molecule has 1 saturated heterocycles. The van der Waals surface area contributed by atoms with Crippen molar-refractivity contribution in [1.29, 1.82) is 0 Å². The molecule has 2 N–H and O–H groups in total. The van der Waals surface area contributed by atoms with Crippen molar-refractivity contribution in [2.75, 3.05) is 18.4 Å². The van der Waals surface area contributed by atoms with E-state index in [2.05, 4.69) is 10.6 Å². The molecule has 1 amide bonds. The van der Waals surface area contributed by atoms with Gasteiger partial charge in [0.1, 0.15) is 5.60 Å². The fourth-order valence-corrected chi connectivity index (χ4v) is 3.42. The number of aryl methyl sites for hydroxylation is 2. The van der Waals surface area contributed by atoms with Crippen molar-refractivity contribution >= 4 is 17.6 Å². The summed E-state index contributed by atoms with van der Waals surface area (Å²) in [6, 6.07) is 15.4. The van der Waals surface area contributed by atoms with Crippen molar-refractivity contribution in [2.45, 2.75) is 32.3 Å². The Morgan fingerprint density at radius 3 is 2.19 bits per heavy atom. The molecule has 0 aliphatic carbocycles. The van der Waals surface area contributed by atoms with Gasteiger partial charge in [-0.15, -0.1) is 0 Å². The Labute approximate surface area is 153 Å². The highest BCUT2D eigenvalue weighted by Crippen LogP contribution is 2.35. The van der Waals surface area contributed by atoms with E-state index in [0.717, 1.165) is 29.8 Å². The topological polar surface area (TPSA) is 67.4 Å². The van der Waals surface area contributed by atoms with Crippen molar-refractivity contribution in [3.63, 3.8) is 0 Å². The first-order valence-corrected chi connectivity index (χ1v) is 8.89. The summed E-state index contributed by atoms with van der Waals surface area (Å²) in [6.07, 6.45) is 1.28. The van der Waals surface area contributed by atoms with Crippen LogP contribution >= 0.6 is 0 Å². The summed E-state index contributed by atoms with van der Waals surface area (Å²) in [5.41, 5.74) is 2.64. The Bertz CT molecular complexity index is 776. The maximum Gasteiger partial charge on any atom is 0.398 e. The van der Waals surface area contributed by atoms with Gasteiger partial charge >= 0.3 is 11.9 Å². The molecule has 1 aliphatic heterocycles. The van der Waals surface area contributed by atoms with E-state index < -0.39 is 17.5 Å². The molecule has 136 valence electrons. The molecule has 0 aromatic heterocycles. The van der Waals surface area contributed by atoms with Gasteiger partial charge in [0.05, 0.1) is 0 Å². The molecule has 0 spiro atoms. The second kappa shape index (κ2) is 7.70. The molecule has 0 atom stereocenters. The van der Waals surface area contributed by atoms with Crippen molar-refractivity contribution in [1.82, 2.24) is 5.32 Å². The van der Waals surface area contributed by atoms with Crippen LogP contribution in [0.1, 0.15) is 29.5 Å². The predicted octanol–water partition coefficient (Wildman–Crippen LogP) is 3.06. The number of carbonyl (C=O) groups is 2. The Morgan fingerprint density at radius 2 is 1.58 bits per heavy atom. The normalized spacial score (nSPS) is 15.9. The van der Waals surface area contributed by atoms with Crippen LogP contribution in [-0.2, 0) is 19.9 Å². The minimum atomic E-state index is -0.849. The van der Waals surface area contributed by atoms with E-state index in [4.69, 9.17) is 4.74 Å².